The van der Waals surface area contributed by atoms with Crippen LogP contribution in [0.2, 0.25) is 0 Å². The Bertz CT molecular complexity index is 584. The molecule has 0 radical (unpaired) electrons. The first-order valence-corrected chi connectivity index (χ1v) is 7.26. The average Bonchev–Trinajstić information content (AvgIpc) is 2.42. The summed E-state index contributed by atoms with van der Waals surface area (Å²) in [5.41, 5.74) is -1.78. The van der Waals surface area contributed by atoms with Crippen LogP contribution in [-0.4, -0.2) is 37.4 Å². The third-order valence-electron chi connectivity index (χ3n) is 3.94. The van der Waals surface area contributed by atoms with Gasteiger partial charge in [-0.2, -0.15) is 13.2 Å². The molecule has 3 N–H and O–H groups in total. The van der Waals surface area contributed by atoms with Crippen molar-refractivity contribution in [2.75, 3.05) is 30.9 Å². The van der Waals surface area contributed by atoms with E-state index in [9.17, 15) is 23.1 Å². The Morgan fingerprint density at radius 3 is 2.48 bits per heavy atom. The van der Waals surface area contributed by atoms with Crippen molar-refractivity contribution >= 4 is 17.4 Å². The van der Waals surface area contributed by atoms with Gasteiger partial charge < -0.3 is 20.6 Å². The van der Waals surface area contributed by atoms with E-state index in [4.69, 9.17) is 0 Å². The third-order valence-corrected chi connectivity index (χ3v) is 3.94. The Morgan fingerprint density at radius 2 is 2.00 bits per heavy atom. The van der Waals surface area contributed by atoms with Crippen LogP contribution < -0.4 is 15.5 Å². The Labute approximate surface area is 132 Å². The molecule has 1 aromatic carbocycles. The molecule has 0 bridgehead atoms. The molecule has 23 heavy (non-hydrogen) atoms. The lowest BCUT2D eigenvalue weighted by molar-refractivity contribution is -0.136. The molecule has 1 aliphatic rings. The summed E-state index contributed by atoms with van der Waals surface area (Å²) >= 11 is 0. The second kappa shape index (κ2) is 6.27. The van der Waals surface area contributed by atoms with Crippen LogP contribution in [0, 0.1) is 0 Å². The van der Waals surface area contributed by atoms with E-state index in [1.807, 2.05) is 0 Å². The SMILES string of the molecule is CN(C)c1ccc(NC(=O)NCC2(O)CCC2)c(C(F)(F)F)c1. The van der Waals surface area contributed by atoms with Gasteiger partial charge in [-0.1, -0.05) is 0 Å². The number of carbonyl (C=O) groups is 1. The molecule has 1 fully saturated rings. The fourth-order valence-electron chi connectivity index (χ4n) is 2.33. The minimum absolute atomic E-state index is 0.0238. The third kappa shape index (κ3) is 4.28. The molecular weight excluding hydrogens is 311 g/mol. The number of hydrogen-bond donors (Lipinski definition) is 3. The first kappa shape index (κ1) is 17.4. The number of alkyl halides is 3. The summed E-state index contributed by atoms with van der Waals surface area (Å²) in [5, 5.41) is 14.5. The van der Waals surface area contributed by atoms with E-state index in [2.05, 4.69) is 10.6 Å². The first-order chi connectivity index (χ1) is 10.6. The molecule has 2 rings (SSSR count). The van der Waals surface area contributed by atoms with Crippen molar-refractivity contribution in [3.63, 3.8) is 0 Å². The molecule has 1 saturated carbocycles. The van der Waals surface area contributed by atoms with E-state index in [0.29, 0.717) is 18.5 Å². The molecule has 8 heteroatoms. The number of aliphatic hydroxyl groups is 1. The number of nitrogens with zero attached hydrogens (tertiary/aromatic N) is 1. The number of benzene rings is 1. The standard InChI is InChI=1S/C15H20F3N3O2/c1-21(2)10-4-5-12(11(8-10)15(16,17)18)20-13(22)19-9-14(23)6-3-7-14/h4-5,8,23H,3,6-7,9H2,1-2H3,(H2,19,20,22). The smallest absolute Gasteiger partial charge is 0.388 e. The van der Waals surface area contributed by atoms with Crippen molar-refractivity contribution in [3.8, 4) is 0 Å². The zero-order valence-corrected chi connectivity index (χ0v) is 13.0. The fourth-order valence-corrected chi connectivity index (χ4v) is 2.33. The van der Waals surface area contributed by atoms with Gasteiger partial charge in [0, 0.05) is 26.3 Å². The van der Waals surface area contributed by atoms with Crippen molar-refractivity contribution in [1.29, 1.82) is 0 Å². The predicted molar refractivity (Wildman–Crippen MR) is 81.6 cm³/mol. The predicted octanol–water partition coefficient (Wildman–Crippen LogP) is 2.81. The van der Waals surface area contributed by atoms with Crippen molar-refractivity contribution < 1.29 is 23.1 Å². The molecule has 0 aliphatic heterocycles. The summed E-state index contributed by atoms with van der Waals surface area (Å²) in [4.78, 5) is 13.3. The highest BCUT2D eigenvalue weighted by Gasteiger charge is 2.36. The molecule has 0 spiro atoms. The van der Waals surface area contributed by atoms with Gasteiger partial charge in [-0.25, -0.2) is 4.79 Å². The van der Waals surface area contributed by atoms with Crippen molar-refractivity contribution in [1.82, 2.24) is 5.32 Å². The van der Waals surface area contributed by atoms with Gasteiger partial charge in [0.2, 0.25) is 0 Å². The molecule has 0 heterocycles. The number of hydrogen-bond acceptors (Lipinski definition) is 3. The van der Waals surface area contributed by atoms with E-state index < -0.39 is 23.4 Å². The average molecular weight is 331 g/mol. The number of nitrogens with one attached hydrogen (secondary N) is 2. The van der Waals surface area contributed by atoms with Crippen LogP contribution >= 0.6 is 0 Å². The largest absolute Gasteiger partial charge is 0.418 e. The molecule has 2 amide bonds. The van der Waals surface area contributed by atoms with Crippen molar-refractivity contribution in [2.24, 2.45) is 0 Å². The normalized spacial score (nSPS) is 16.4. The van der Waals surface area contributed by atoms with Crippen molar-refractivity contribution in [3.05, 3.63) is 23.8 Å². The number of carbonyl (C=O) groups excluding carboxylic acids is 1. The number of rotatable bonds is 4. The van der Waals surface area contributed by atoms with Gasteiger partial charge in [0.1, 0.15) is 0 Å². The van der Waals surface area contributed by atoms with Gasteiger partial charge in [-0.05, 0) is 37.5 Å². The lowest BCUT2D eigenvalue weighted by atomic mass is 9.80. The quantitative estimate of drug-likeness (QED) is 0.795. The Morgan fingerprint density at radius 1 is 1.35 bits per heavy atom. The zero-order valence-electron chi connectivity index (χ0n) is 13.0. The maximum Gasteiger partial charge on any atom is 0.418 e. The molecule has 0 aromatic heterocycles. The van der Waals surface area contributed by atoms with E-state index in [1.54, 1.807) is 19.0 Å². The highest BCUT2D eigenvalue weighted by molar-refractivity contribution is 5.90. The molecule has 1 aromatic rings. The highest BCUT2D eigenvalue weighted by atomic mass is 19.4. The molecular formula is C15H20F3N3O2. The van der Waals surface area contributed by atoms with E-state index in [1.165, 1.54) is 12.1 Å². The summed E-state index contributed by atoms with van der Waals surface area (Å²) in [6.07, 6.45) is -2.54. The van der Waals surface area contributed by atoms with Crippen LogP contribution in [0.1, 0.15) is 24.8 Å². The van der Waals surface area contributed by atoms with Gasteiger partial charge in [0.15, 0.2) is 0 Å². The van der Waals surface area contributed by atoms with Crippen LogP contribution in [0.5, 0.6) is 0 Å². The monoisotopic (exact) mass is 331 g/mol. The van der Waals surface area contributed by atoms with E-state index >= 15 is 0 Å². The minimum Gasteiger partial charge on any atom is -0.388 e. The fraction of sp³-hybridized carbons (Fsp3) is 0.533. The second-order valence-electron chi connectivity index (χ2n) is 6.01. The topological polar surface area (TPSA) is 64.6 Å². The number of halogens is 3. The van der Waals surface area contributed by atoms with E-state index in [0.717, 1.165) is 12.5 Å². The summed E-state index contributed by atoms with van der Waals surface area (Å²) in [7, 11) is 3.27. The van der Waals surface area contributed by atoms with Crippen LogP contribution in [0.4, 0.5) is 29.3 Å². The molecule has 0 unspecified atom stereocenters. The second-order valence-corrected chi connectivity index (χ2v) is 6.01. The summed E-state index contributed by atoms with van der Waals surface area (Å²) in [6.45, 7) is 0.0238. The summed E-state index contributed by atoms with van der Waals surface area (Å²) in [6, 6.07) is 2.92. The molecule has 5 nitrogen and oxygen atoms in total. The van der Waals surface area contributed by atoms with Crippen LogP contribution in [-0.2, 0) is 6.18 Å². The maximum atomic E-state index is 13.2. The lowest BCUT2D eigenvalue weighted by Gasteiger charge is -2.36. The lowest BCUT2D eigenvalue weighted by Crippen LogP contribution is -2.48. The Kier molecular flexibility index (Phi) is 4.74. The van der Waals surface area contributed by atoms with Gasteiger partial charge in [-0.3, -0.25) is 0 Å². The molecule has 0 atom stereocenters. The summed E-state index contributed by atoms with van der Waals surface area (Å²) < 4.78 is 39.5. The first-order valence-electron chi connectivity index (χ1n) is 7.26. The van der Waals surface area contributed by atoms with Crippen molar-refractivity contribution in [2.45, 2.75) is 31.0 Å². The van der Waals surface area contributed by atoms with Crippen LogP contribution in [0.3, 0.4) is 0 Å². The number of urea groups is 1. The van der Waals surface area contributed by atoms with Gasteiger partial charge in [-0.15, -0.1) is 0 Å². The molecule has 1 aliphatic carbocycles. The number of anilines is 2. The summed E-state index contributed by atoms with van der Waals surface area (Å²) in [5.74, 6) is 0. The minimum atomic E-state index is -4.58. The highest BCUT2D eigenvalue weighted by Crippen LogP contribution is 2.37. The van der Waals surface area contributed by atoms with E-state index in [-0.39, 0.29) is 12.2 Å². The van der Waals surface area contributed by atoms with Gasteiger partial charge in [0.05, 0.1) is 16.9 Å². The Hall–Kier alpha value is -1.96. The molecule has 128 valence electrons. The zero-order chi connectivity index (χ0) is 17.3. The maximum absolute atomic E-state index is 13.2. The Balaban J connectivity index is 2.10. The van der Waals surface area contributed by atoms with Gasteiger partial charge >= 0.3 is 12.2 Å². The van der Waals surface area contributed by atoms with Gasteiger partial charge in [0.25, 0.3) is 0 Å². The van der Waals surface area contributed by atoms with Crippen LogP contribution in [0.25, 0.3) is 0 Å². The number of amides is 2. The van der Waals surface area contributed by atoms with Crippen LogP contribution in [0.15, 0.2) is 18.2 Å². The molecule has 0 saturated heterocycles.